The molecule has 0 saturated heterocycles. The Kier molecular flexibility index (Phi) is 16.2. The lowest BCUT2D eigenvalue weighted by Gasteiger charge is -2.26. The second kappa shape index (κ2) is 22.1. The van der Waals surface area contributed by atoms with Gasteiger partial charge in [0, 0.05) is 17.1 Å². The molecule has 0 spiro atoms. The first kappa shape index (κ1) is 43.2. The van der Waals surface area contributed by atoms with Crippen LogP contribution in [0.3, 0.4) is 0 Å². The van der Waals surface area contributed by atoms with E-state index in [9.17, 15) is 0 Å². The van der Waals surface area contributed by atoms with Gasteiger partial charge in [0.1, 0.15) is 0 Å². The van der Waals surface area contributed by atoms with Crippen molar-refractivity contribution >= 4 is 22.6 Å². The molecule has 0 bridgehead atoms. The van der Waals surface area contributed by atoms with E-state index in [2.05, 4.69) is 219 Å². The molecule has 0 aromatic heterocycles. The predicted octanol–water partition coefficient (Wildman–Crippen LogP) is 17.5. The number of hydrogen-bond donors (Lipinski definition) is 0. The minimum absolute atomic E-state index is 0.961. The van der Waals surface area contributed by atoms with Crippen LogP contribution >= 0.6 is 0 Å². The van der Waals surface area contributed by atoms with Gasteiger partial charge in [-0.15, -0.1) is 0 Å². The summed E-state index contributed by atoms with van der Waals surface area (Å²) in [5, 5.41) is 0. The molecule has 0 aliphatic rings. The first-order valence-corrected chi connectivity index (χ1v) is 20.8. The topological polar surface area (TPSA) is 3.24 Å². The summed E-state index contributed by atoms with van der Waals surface area (Å²) in [6.07, 6.45) is 10.1. The maximum Gasteiger partial charge on any atom is 0.0462 e. The highest BCUT2D eigenvalue weighted by molar-refractivity contribution is 5.83. The summed E-state index contributed by atoms with van der Waals surface area (Å²) < 4.78 is 0. The van der Waals surface area contributed by atoms with Crippen molar-refractivity contribution in [2.45, 2.75) is 41.5 Å². The Labute approximate surface area is 354 Å². The van der Waals surface area contributed by atoms with E-state index in [0.29, 0.717) is 0 Å². The highest BCUT2D eigenvalue weighted by Gasteiger charge is 2.14. The van der Waals surface area contributed by atoms with E-state index in [4.69, 9.17) is 0 Å². The van der Waals surface area contributed by atoms with Gasteiger partial charge in [-0.05, 0) is 135 Å². The minimum Gasteiger partial charge on any atom is -0.311 e. The molecule has 7 aromatic rings. The molecule has 0 amide bonds. The summed E-state index contributed by atoms with van der Waals surface area (Å²) in [5.74, 6) is 0. The minimum atomic E-state index is 0.961. The molecule has 0 fully saturated rings. The Morgan fingerprint density at radius 3 is 1.19 bits per heavy atom. The molecule has 0 saturated carbocycles. The van der Waals surface area contributed by atoms with Gasteiger partial charge >= 0.3 is 0 Å². The van der Waals surface area contributed by atoms with Crippen molar-refractivity contribution in [3.05, 3.63) is 242 Å². The maximum atomic E-state index is 4.31. The van der Waals surface area contributed by atoms with E-state index < -0.39 is 0 Å². The van der Waals surface area contributed by atoms with Gasteiger partial charge in [-0.1, -0.05) is 199 Å². The Morgan fingerprint density at radius 1 is 0.458 bits per heavy atom. The van der Waals surface area contributed by atoms with Crippen molar-refractivity contribution < 1.29 is 0 Å². The normalized spacial score (nSPS) is 11.2. The van der Waals surface area contributed by atoms with Crippen LogP contribution in [0.15, 0.2) is 237 Å². The molecule has 0 aliphatic heterocycles. The average Bonchev–Trinajstić information content (AvgIpc) is 3.32. The van der Waals surface area contributed by atoms with Gasteiger partial charge < -0.3 is 4.90 Å². The third kappa shape index (κ3) is 11.1. The van der Waals surface area contributed by atoms with E-state index in [0.717, 1.165) is 39.3 Å². The van der Waals surface area contributed by atoms with Crippen LogP contribution < -0.4 is 4.90 Å². The van der Waals surface area contributed by atoms with Crippen molar-refractivity contribution in [3.8, 4) is 44.5 Å². The van der Waals surface area contributed by atoms with Crippen molar-refractivity contribution in [1.82, 2.24) is 0 Å². The smallest absolute Gasteiger partial charge is 0.0462 e. The zero-order chi connectivity index (χ0) is 42.0. The first-order valence-electron chi connectivity index (χ1n) is 20.8. The third-order valence-electron chi connectivity index (χ3n) is 9.91. The fourth-order valence-electron chi connectivity index (χ4n) is 6.78. The van der Waals surface area contributed by atoms with Gasteiger partial charge in [0.2, 0.25) is 0 Å². The maximum absolute atomic E-state index is 4.31. The molecule has 59 heavy (non-hydrogen) atoms. The monoisotopic (exact) mass is 767 g/mol. The van der Waals surface area contributed by atoms with E-state index in [-0.39, 0.29) is 0 Å². The van der Waals surface area contributed by atoms with Crippen LogP contribution in [-0.2, 0) is 0 Å². The molecular weight excluding hydrogens is 711 g/mol. The Bertz CT molecular complexity index is 2350. The number of rotatable bonds is 12. The molecule has 1 nitrogen and oxygen atoms in total. The molecule has 294 valence electrons. The lowest BCUT2D eigenvalue weighted by Crippen LogP contribution is -2.10. The van der Waals surface area contributed by atoms with Gasteiger partial charge in [0.25, 0.3) is 0 Å². The van der Waals surface area contributed by atoms with E-state index in [1.54, 1.807) is 0 Å². The summed E-state index contributed by atoms with van der Waals surface area (Å²) in [5.41, 5.74) is 17.0. The highest BCUT2D eigenvalue weighted by Crippen LogP contribution is 2.38. The summed E-state index contributed by atoms with van der Waals surface area (Å²) in [7, 11) is 0. The van der Waals surface area contributed by atoms with Crippen LogP contribution in [0.2, 0.25) is 0 Å². The van der Waals surface area contributed by atoms with Crippen molar-refractivity contribution in [3.63, 3.8) is 0 Å². The Hall–Kier alpha value is -6.96. The predicted molar refractivity (Wildman–Crippen MR) is 261 cm³/mol. The largest absolute Gasteiger partial charge is 0.311 e. The van der Waals surface area contributed by atoms with E-state index >= 15 is 0 Å². The Morgan fingerprint density at radius 2 is 0.814 bits per heavy atom. The number of anilines is 3. The van der Waals surface area contributed by atoms with Gasteiger partial charge in [0.15, 0.2) is 0 Å². The Balaban J connectivity index is 0.00000160. The molecule has 0 aliphatic carbocycles. The van der Waals surface area contributed by atoms with Gasteiger partial charge in [-0.2, -0.15) is 0 Å². The second-order valence-corrected chi connectivity index (χ2v) is 13.6. The van der Waals surface area contributed by atoms with Gasteiger partial charge in [0.05, 0.1) is 0 Å². The third-order valence-corrected chi connectivity index (χ3v) is 9.91. The molecule has 0 unspecified atom stereocenters. The standard InChI is InChI=1S/C54H45N.2C2H6/c1-5-7-16-40(3)41(4)37-42(6-2)45-25-31-52(32-26-45)55(53-33-27-46(28-34-53)50-23-14-21-48(38-50)43-17-10-8-11-18-43)54-35-29-47(30-36-54)51-24-15-22-49(39-51)44-19-12-9-13-20-44;2*1-2/h5-39H,2,4H2,1,3H3;2*1-2H3/b7-5-,40-16+,42-37+;;. The number of benzene rings is 7. The van der Waals surface area contributed by atoms with Crippen LogP contribution in [0.25, 0.3) is 50.1 Å². The van der Waals surface area contributed by atoms with Crippen molar-refractivity contribution in [2.75, 3.05) is 4.90 Å². The van der Waals surface area contributed by atoms with Gasteiger partial charge in [-0.3, -0.25) is 0 Å². The fraction of sp³-hybridized carbons (Fsp3) is 0.103. The number of hydrogen-bond acceptors (Lipinski definition) is 1. The highest BCUT2D eigenvalue weighted by atomic mass is 15.1. The molecule has 0 radical (unpaired) electrons. The van der Waals surface area contributed by atoms with Gasteiger partial charge in [-0.25, -0.2) is 0 Å². The SMILES string of the molecule is C=C/C(=C\C(=C)/C(C)=C/C=C\C)c1ccc(N(c2ccc(-c3cccc(-c4ccccc4)c3)cc2)c2ccc(-c3cccc(-c4ccccc4)c3)cc2)cc1.CC.CC. The molecule has 0 N–H and O–H groups in total. The van der Waals surface area contributed by atoms with E-state index in [1.807, 2.05) is 52.8 Å². The van der Waals surface area contributed by atoms with Crippen molar-refractivity contribution in [1.29, 1.82) is 0 Å². The van der Waals surface area contributed by atoms with Crippen LogP contribution in [-0.4, -0.2) is 0 Å². The fourth-order valence-corrected chi connectivity index (χ4v) is 6.78. The zero-order valence-electron chi connectivity index (χ0n) is 35.6. The van der Waals surface area contributed by atoms with Crippen LogP contribution in [0.4, 0.5) is 17.1 Å². The summed E-state index contributed by atoms with van der Waals surface area (Å²) in [6, 6.07) is 65.1. The number of allylic oxidation sites excluding steroid dienone is 8. The molecule has 7 aromatic carbocycles. The molecule has 1 heteroatoms. The molecule has 0 atom stereocenters. The summed E-state index contributed by atoms with van der Waals surface area (Å²) in [6.45, 7) is 20.5. The second-order valence-electron chi connectivity index (χ2n) is 13.6. The quantitative estimate of drug-likeness (QED) is 0.112. The molecular formula is C58H57N. The molecule has 0 heterocycles. The summed E-state index contributed by atoms with van der Waals surface area (Å²) >= 11 is 0. The van der Waals surface area contributed by atoms with E-state index in [1.165, 1.54) is 44.5 Å². The van der Waals surface area contributed by atoms with Crippen molar-refractivity contribution in [2.24, 2.45) is 0 Å². The molecule has 7 rings (SSSR count). The zero-order valence-corrected chi connectivity index (χ0v) is 35.6. The first-order chi connectivity index (χ1) is 29.0. The van der Waals surface area contributed by atoms with Crippen LogP contribution in [0.1, 0.15) is 47.1 Å². The lowest BCUT2D eigenvalue weighted by atomic mass is 9.98. The lowest BCUT2D eigenvalue weighted by molar-refractivity contribution is 1.28. The van der Waals surface area contributed by atoms with Crippen LogP contribution in [0, 0.1) is 0 Å². The number of nitrogens with zero attached hydrogens (tertiary/aromatic N) is 1. The summed E-state index contributed by atoms with van der Waals surface area (Å²) in [4.78, 5) is 2.32. The average molecular weight is 768 g/mol. The van der Waals surface area contributed by atoms with Crippen LogP contribution in [0.5, 0.6) is 0 Å².